The number of hydrogen-bond acceptors (Lipinski definition) is 3. The van der Waals surface area contributed by atoms with Gasteiger partial charge in [0.25, 0.3) is 0 Å². The Morgan fingerprint density at radius 3 is 2.24 bits per heavy atom. The Hall–Kier alpha value is -1.03. The van der Waals surface area contributed by atoms with Crippen LogP contribution in [0.2, 0.25) is 4.34 Å². The van der Waals surface area contributed by atoms with E-state index >= 15 is 0 Å². The van der Waals surface area contributed by atoms with Crippen molar-refractivity contribution in [3.05, 3.63) is 51.2 Å². The SMILES string of the molecule is CN(C)c1ccc(C(O)c2ccc(Cl)s2)cc1. The molecular weight excluding hydrogens is 254 g/mol. The van der Waals surface area contributed by atoms with Gasteiger partial charge in [0.1, 0.15) is 6.10 Å². The maximum Gasteiger partial charge on any atom is 0.113 e. The summed E-state index contributed by atoms with van der Waals surface area (Å²) >= 11 is 7.27. The summed E-state index contributed by atoms with van der Waals surface area (Å²) in [6.07, 6.45) is -0.594. The average Bonchev–Trinajstić information content (AvgIpc) is 2.75. The van der Waals surface area contributed by atoms with Crippen LogP contribution in [0.5, 0.6) is 0 Å². The van der Waals surface area contributed by atoms with Crippen LogP contribution in [0.15, 0.2) is 36.4 Å². The molecule has 0 spiro atoms. The van der Waals surface area contributed by atoms with E-state index in [1.807, 2.05) is 49.3 Å². The smallest absolute Gasteiger partial charge is 0.113 e. The van der Waals surface area contributed by atoms with Gasteiger partial charge in [-0.25, -0.2) is 0 Å². The van der Waals surface area contributed by atoms with Crippen molar-refractivity contribution >= 4 is 28.6 Å². The molecule has 0 amide bonds. The molecule has 2 rings (SSSR count). The topological polar surface area (TPSA) is 23.5 Å². The molecule has 1 N–H and O–H groups in total. The standard InChI is InChI=1S/C13H14ClNOS/c1-15(2)10-5-3-9(4-6-10)13(16)11-7-8-12(14)17-11/h3-8,13,16H,1-2H3. The minimum Gasteiger partial charge on any atom is -0.383 e. The molecule has 0 bridgehead atoms. The predicted molar refractivity (Wildman–Crippen MR) is 74.2 cm³/mol. The molecule has 2 aromatic rings. The van der Waals surface area contributed by atoms with Gasteiger partial charge in [-0.2, -0.15) is 0 Å². The average molecular weight is 268 g/mol. The van der Waals surface area contributed by atoms with Crippen LogP contribution in [0.4, 0.5) is 5.69 Å². The van der Waals surface area contributed by atoms with Crippen LogP contribution in [0, 0.1) is 0 Å². The third kappa shape index (κ3) is 2.80. The Balaban J connectivity index is 2.22. The maximum atomic E-state index is 10.2. The minimum atomic E-state index is -0.594. The van der Waals surface area contributed by atoms with Gasteiger partial charge in [-0.15, -0.1) is 11.3 Å². The van der Waals surface area contributed by atoms with E-state index in [4.69, 9.17) is 11.6 Å². The lowest BCUT2D eigenvalue weighted by Crippen LogP contribution is -2.08. The molecule has 90 valence electrons. The zero-order chi connectivity index (χ0) is 12.4. The first-order chi connectivity index (χ1) is 8.08. The van der Waals surface area contributed by atoms with E-state index in [2.05, 4.69) is 0 Å². The Morgan fingerprint density at radius 2 is 1.76 bits per heavy atom. The molecular formula is C13H14ClNOS. The van der Waals surface area contributed by atoms with Gasteiger partial charge in [0.15, 0.2) is 0 Å². The zero-order valence-corrected chi connectivity index (χ0v) is 11.3. The van der Waals surface area contributed by atoms with Crippen molar-refractivity contribution in [2.75, 3.05) is 19.0 Å². The quantitative estimate of drug-likeness (QED) is 0.919. The summed E-state index contributed by atoms with van der Waals surface area (Å²) in [5, 5.41) is 10.2. The normalized spacial score (nSPS) is 12.5. The summed E-state index contributed by atoms with van der Waals surface area (Å²) < 4.78 is 0.698. The third-order valence-electron chi connectivity index (χ3n) is 2.59. The molecule has 4 heteroatoms. The summed E-state index contributed by atoms with van der Waals surface area (Å²) in [6, 6.07) is 11.5. The predicted octanol–water partition coefficient (Wildman–Crippen LogP) is 3.55. The number of rotatable bonds is 3. The van der Waals surface area contributed by atoms with Crippen LogP contribution >= 0.6 is 22.9 Å². The zero-order valence-electron chi connectivity index (χ0n) is 9.72. The summed E-state index contributed by atoms with van der Waals surface area (Å²) in [6.45, 7) is 0. The second-order valence-corrected chi connectivity index (χ2v) is 5.78. The Morgan fingerprint density at radius 1 is 1.12 bits per heavy atom. The summed E-state index contributed by atoms with van der Waals surface area (Å²) in [5.74, 6) is 0. The number of anilines is 1. The van der Waals surface area contributed by atoms with Crippen LogP contribution in [0.3, 0.4) is 0 Å². The van der Waals surface area contributed by atoms with Crippen molar-refractivity contribution in [3.8, 4) is 0 Å². The molecule has 17 heavy (non-hydrogen) atoms. The molecule has 1 atom stereocenters. The van der Waals surface area contributed by atoms with Gasteiger partial charge in [0, 0.05) is 24.7 Å². The molecule has 0 saturated heterocycles. The fourth-order valence-corrected chi connectivity index (χ4v) is 2.67. The minimum absolute atomic E-state index is 0.594. The molecule has 0 saturated carbocycles. The summed E-state index contributed by atoms with van der Waals surface area (Å²) in [5.41, 5.74) is 2.00. The first kappa shape index (κ1) is 12.4. The molecule has 0 aliphatic rings. The van der Waals surface area contributed by atoms with E-state index in [1.165, 1.54) is 11.3 Å². The van der Waals surface area contributed by atoms with Crippen molar-refractivity contribution in [1.82, 2.24) is 0 Å². The molecule has 0 aliphatic carbocycles. The number of hydrogen-bond donors (Lipinski definition) is 1. The Labute approximate surface area is 110 Å². The van der Waals surface area contributed by atoms with Crippen LogP contribution in [-0.4, -0.2) is 19.2 Å². The first-order valence-electron chi connectivity index (χ1n) is 5.28. The number of thiophene rings is 1. The van der Waals surface area contributed by atoms with E-state index in [0.717, 1.165) is 16.1 Å². The fraction of sp³-hybridized carbons (Fsp3) is 0.231. The van der Waals surface area contributed by atoms with Gasteiger partial charge in [-0.1, -0.05) is 23.7 Å². The van der Waals surface area contributed by atoms with Gasteiger partial charge in [0.2, 0.25) is 0 Å². The maximum absolute atomic E-state index is 10.2. The van der Waals surface area contributed by atoms with Crippen LogP contribution in [0.25, 0.3) is 0 Å². The first-order valence-corrected chi connectivity index (χ1v) is 6.48. The van der Waals surface area contributed by atoms with Crippen molar-refractivity contribution in [3.63, 3.8) is 0 Å². The molecule has 0 aliphatic heterocycles. The number of aliphatic hydroxyl groups excluding tert-OH is 1. The highest BCUT2D eigenvalue weighted by Crippen LogP contribution is 2.31. The number of nitrogens with zero attached hydrogens (tertiary/aromatic N) is 1. The van der Waals surface area contributed by atoms with E-state index in [-0.39, 0.29) is 0 Å². The van der Waals surface area contributed by atoms with Crippen LogP contribution in [-0.2, 0) is 0 Å². The van der Waals surface area contributed by atoms with Crippen molar-refractivity contribution < 1.29 is 5.11 Å². The summed E-state index contributed by atoms with van der Waals surface area (Å²) in [7, 11) is 3.98. The fourth-order valence-electron chi connectivity index (χ4n) is 1.59. The Kier molecular flexibility index (Phi) is 3.72. The second-order valence-electron chi connectivity index (χ2n) is 4.03. The largest absolute Gasteiger partial charge is 0.383 e. The van der Waals surface area contributed by atoms with Gasteiger partial charge >= 0.3 is 0 Å². The van der Waals surface area contributed by atoms with Crippen molar-refractivity contribution in [2.24, 2.45) is 0 Å². The molecule has 2 nitrogen and oxygen atoms in total. The summed E-state index contributed by atoms with van der Waals surface area (Å²) in [4.78, 5) is 2.89. The van der Waals surface area contributed by atoms with E-state index < -0.39 is 6.10 Å². The van der Waals surface area contributed by atoms with E-state index in [0.29, 0.717) is 4.34 Å². The van der Waals surface area contributed by atoms with Crippen molar-refractivity contribution in [1.29, 1.82) is 0 Å². The number of halogens is 1. The monoisotopic (exact) mass is 267 g/mol. The Bertz CT molecular complexity index is 492. The van der Waals surface area contributed by atoms with E-state index in [9.17, 15) is 5.11 Å². The van der Waals surface area contributed by atoms with Gasteiger partial charge < -0.3 is 10.0 Å². The van der Waals surface area contributed by atoms with Crippen LogP contribution < -0.4 is 4.90 Å². The third-order valence-corrected chi connectivity index (χ3v) is 3.87. The number of benzene rings is 1. The van der Waals surface area contributed by atoms with E-state index in [1.54, 1.807) is 6.07 Å². The highest BCUT2D eigenvalue weighted by atomic mass is 35.5. The van der Waals surface area contributed by atoms with Crippen molar-refractivity contribution in [2.45, 2.75) is 6.10 Å². The van der Waals surface area contributed by atoms with Gasteiger partial charge in [-0.05, 0) is 29.8 Å². The van der Waals surface area contributed by atoms with Crippen LogP contribution in [0.1, 0.15) is 16.5 Å². The highest BCUT2D eigenvalue weighted by Gasteiger charge is 2.12. The highest BCUT2D eigenvalue weighted by molar-refractivity contribution is 7.16. The van der Waals surface area contributed by atoms with Gasteiger partial charge in [0.05, 0.1) is 4.34 Å². The lowest BCUT2D eigenvalue weighted by atomic mass is 10.1. The second kappa shape index (κ2) is 5.08. The lowest BCUT2D eigenvalue weighted by Gasteiger charge is -2.14. The number of aliphatic hydroxyl groups is 1. The molecule has 0 radical (unpaired) electrons. The molecule has 1 aromatic heterocycles. The molecule has 0 fully saturated rings. The van der Waals surface area contributed by atoms with Gasteiger partial charge in [-0.3, -0.25) is 0 Å². The molecule has 1 heterocycles. The molecule has 1 unspecified atom stereocenters. The lowest BCUT2D eigenvalue weighted by molar-refractivity contribution is 0.224. The molecule has 1 aromatic carbocycles.